The van der Waals surface area contributed by atoms with Gasteiger partial charge in [-0.05, 0) is 99.5 Å². The zero-order chi connectivity index (χ0) is 21.6. The smallest absolute Gasteiger partial charge is 0.338 e. The second-order valence-corrected chi connectivity index (χ2v) is 10.1. The van der Waals surface area contributed by atoms with Crippen LogP contribution in [0.4, 0.5) is 5.69 Å². The minimum Gasteiger partial charge on any atom is -0.462 e. The first-order valence-electron chi connectivity index (χ1n) is 11.6. The summed E-state index contributed by atoms with van der Waals surface area (Å²) in [5, 5.41) is 3.18. The van der Waals surface area contributed by atoms with Gasteiger partial charge in [0.25, 0.3) is 0 Å². The van der Waals surface area contributed by atoms with Gasteiger partial charge in [0.15, 0.2) is 0 Å². The molecule has 4 aliphatic rings. The summed E-state index contributed by atoms with van der Waals surface area (Å²) in [5.74, 6) is 1.10. The molecule has 0 radical (unpaired) electrons. The number of hydrogen-bond acceptors (Lipinski definition) is 3. The summed E-state index contributed by atoms with van der Waals surface area (Å²) in [5.41, 5.74) is 3.82. The van der Waals surface area contributed by atoms with Crippen molar-refractivity contribution in [2.45, 2.75) is 57.8 Å². The molecule has 4 fully saturated rings. The Labute approximate surface area is 184 Å². The third-order valence-corrected chi connectivity index (χ3v) is 7.86. The summed E-state index contributed by atoms with van der Waals surface area (Å²) >= 11 is 0. The normalized spacial score (nSPS) is 30.8. The first kappa shape index (κ1) is 20.3. The Morgan fingerprint density at radius 2 is 1.61 bits per heavy atom. The Morgan fingerprint density at radius 1 is 0.968 bits per heavy atom. The fraction of sp³-hybridized carbons (Fsp3) is 0.481. The van der Waals surface area contributed by atoms with Crippen molar-refractivity contribution in [3.8, 4) is 0 Å². The van der Waals surface area contributed by atoms with E-state index in [4.69, 9.17) is 4.74 Å². The molecule has 0 aromatic heterocycles. The van der Waals surface area contributed by atoms with Crippen LogP contribution in [0.25, 0.3) is 0 Å². The van der Waals surface area contributed by atoms with Crippen LogP contribution in [0.2, 0.25) is 0 Å². The van der Waals surface area contributed by atoms with E-state index in [1.165, 1.54) is 30.4 Å². The number of benzene rings is 2. The summed E-state index contributed by atoms with van der Waals surface area (Å²) in [6.07, 6.45) is 6.67. The number of rotatable bonds is 5. The van der Waals surface area contributed by atoms with Crippen LogP contribution in [-0.4, -0.2) is 18.5 Å². The van der Waals surface area contributed by atoms with Gasteiger partial charge in [-0.3, -0.25) is 4.79 Å². The minimum absolute atomic E-state index is 0.142. The molecule has 0 heterocycles. The Hall–Kier alpha value is -2.62. The maximum Gasteiger partial charge on any atom is 0.338 e. The molecule has 162 valence electrons. The number of anilines is 1. The largest absolute Gasteiger partial charge is 0.462 e. The molecule has 1 N–H and O–H groups in total. The van der Waals surface area contributed by atoms with Crippen molar-refractivity contribution in [3.05, 3.63) is 65.2 Å². The van der Waals surface area contributed by atoms with E-state index in [-0.39, 0.29) is 22.7 Å². The van der Waals surface area contributed by atoms with Crippen LogP contribution in [0, 0.1) is 24.2 Å². The van der Waals surface area contributed by atoms with Gasteiger partial charge < -0.3 is 10.1 Å². The lowest BCUT2D eigenvalue weighted by Crippen LogP contribution is -2.57. The van der Waals surface area contributed by atoms with Crippen LogP contribution in [-0.2, 0) is 14.9 Å². The van der Waals surface area contributed by atoms with E-state index in [9.17, 15) is 9.59 Å². The standard InChI is InChI=1S/C27H31NO3/c1-3-31-24(29)21-6-10-23(11-7-21)28-25(30)27-15-19-12-20(16-27)14-26(13-19,17-27)22-8-4-18(2)5-9-22/h4-11,19-20H,3,12-17H2,1-2H3,(H,28,30)/t19-,20-,26?,27?/m0/s1. The predicted molar refractivity (Wildman–Crippen MR) is 121 cm³/mol. The highest BCUT2D eigenvalue weighted by Gasteiger charge is 2.60. The number of carbonyl (C=O) groups is 2. The number of carbonyl (C=O) groups excluding carboxylic acids is 2. The van der Waals surface area contributed by atoms with Crippen LogP contribution in [0.1, 0.15) is 66.9 Å². The Balaban J connectivity index is 1.38. The Morgan fingerprint density at radius 3 is 2.23 bits per heavy atom. The molecule has 0 spiro atoms. The van der Waals surface area contributed by atoms with Crippen LogP contribution >= 0.6 is 0 Å². The summed E-state index contributed by atoms with van der Waals surface area (Å²) in [6, 6.07) is 16.1. The zero-order valence-electron chi connectivity index (χ0n) is 18.4. The van der Waals surface area contributed by atoms with E-state index in [1.807, 2.05) is 0 Å². The Bertz CT molecular complexity index is 978. The number of nitrogens with one attached hydrogen (secondary N) is 1. The molecule has 4 aliphatic carbocycles. The van der Waals surface area contributed by atoms with E-state index in [2.05, 4.69) is 36.5 Å². The summed E-state index contributed by atoms with van der Waals surface area (Å²) in [6.45, 7) is 4.28. The van der Waals surface area contributed by atoms with Crippen molar-refractivity contribution < 1.29 is 14.3 Å². The molecule has 1 amide bonds. The highest BCUT2D eigenvalue weighted by Crippen LogP contribution is 2.66. The molecule has 0 aliphatic heterocycles. The van der Waals surface area contributed by atoms with Crippen LogP contribution in [0.15, 0.2) is 48.5 Å². The van der Waals surface area contributed by atoms with Gasteiger partial charge in [-0.25, -0.2) is 4.79 Å². The quantitative estimate of drug-likeness (QED) is 0.640. The van der Waals surface area contributed by atoms with E-state index in [1.54, 1.807) is 31.2 Å². The van der Waals surface area contributed by atoms with Crippen molar-refractivity contribution in [3.63, 3.8) is 0 Å². The molecular weight excluding hydrogens is 386 g/mol. The molecule has 2 aromatic carbocycles. The van der Waals surface area contributed by atoms with Gasteiger partial charge in [0.05, 0.1) is 17.6 Å². The molecular formula is C27H31NO3. The zero-order valence-corrected chi connectivity index (χ0v) is 18.4. The summed E-state index contributed by atoms with van der Waals surface area (Å²) < 4.78 is 5.05. The lowest BCUT2D eigenvalue weighted by molar-refractivity contribution is -0.143. The van der Waals surface area contributed by atoms with Crippen LogP contribution in [0.3, 0.4) is 0 Å². The molecule has 4 heteroatoms. The summed E-state index contributed by atoms with van der Waals surface area (Å²) in [7, 11) is 0. The Kier molecular flexibility index (Phi) is 4.91. The lowest BCUT2D eigenvalue weighted by atomic mass is 9.42. The van der Waals surface area contributed by atoms with Gasteiger partial charge in [-0.1, -0.05) is 29.8 Å². The van der Waals surface area contributed by atoms with E-state index in [0.29, 0.717) is 24.0 Å². The van der Waals surface area contributed by atoms with Gasteiger partial charge in [0.1, 0.15) is 0 Å². The predicted octanol–water partition coefficient (Wildman–Crippen LogP) is 5.65. The second-order valence-electron chi connectivity index (χ2n) is 10.1. The molecule has 0 unspecified atom stereocenters. The second kappa shape index (κ2) is 7.51. The molecule has 2 aromatic rings. The molecule has 4 nitrogen and oxygen atoms in total. The van der Waals surface area contributed by atoms with Gasteiger partial charge in [0.2, 0.25) is 5.91 Å². The molecule has 6 rings (SSSR count). The monoisotopic (exact) mass is 417 g/mol. The van der Waals surface area contributed by atoms with E-state index in [0.717, 1.165) is 24.9 Å². The number of esters is 1. The SMILES string of the molecule is CCOC(=O)c1ccc(NC(=O)C23C[C@H]4C[C@H](C2)CC(c2ccc(C)cc2)(C4)C3)cc1. The molecule has 0 saturated heterocycles. The highest BCUT2D eigenvalue weighted by atomic mass is 16.5. The van der Waals surface area contributed by atoms with Gasteiger partial charge in [-0.2, -0.15) is 0 Å². The number of aryl methyl sites for hydroxylation is 1. The van der Waals surface area contributed by atoms with Crippen molar-refractivity contribution in [1.82, 2.24) is 0 Å². The van der Waals surface area contributed by atoms with Crippen LogP contribution < -0.4 is 5.32 Å². The number of amides is 1. The molecule has 4 bridgehead atoms. The highest BCUT2D eigenvalue weighted by molar-refractivity contribution is 5.96. The van der Waals surface area contributed by atoms with E-state index < -0.39 is 0 Å². The fourth-order valence-electron chi connectivity index (χ4n) is 6.94. The van der Waals surface area contributed by atoms with Crippen molar-refractivity contribution in [1.29, 1.82) is 0 Å². The number of ether oxygens (including phenoxy) is 1. The molecule has 4 saturated carbocycles. The lowest BCUT2D eigenvalue weighted by Gasteiger charge is -2.61. The third-order valence-electron chi connectivity index (χ3n) is 7.86. The maximum atomic E-state index is 13.6. The van der Waals surface area contributed by atoms with Crippen molar-refractivity contribution in [2.75, 3.05) is 11.9 Å². The first-order valence-corrected chi connectivity index (χ1v) is 11.6. The third kappa shape index (κ3) is 3.56. The molecule has 31 heavy (non-hydrogen) atoms. The average Bonchev–Trinajstić information content (AvgIpc) is 2.74. The van der Waals surface area contributed by atoms with Crippen molar-refractivity contribution in [2.24, 2.45) is 17.3 Å². The molecule has 2 atom stereocenters. The minimum atomic E-state index is -0.332. The van der Waals surface area contributed by atoms with Gasteiger partial charge in [0, 0.05) is 5.69 Å². The fourth-order valence-corrected chi connectivity index (χ4v) is 6.94. The first-order chi connectivity index (χ1) is 14.9. The topological polar surface area (TPSA) is 55.4 Å². The van der Waals surface area contributed by atoms with Crippen LogP contribution in [0.5, 0.6) is 0 Å². The van der Waals surface area contributed by atoms with E-state index >= 15 is 0 Å². The van der Waals surface area contributed by atoms with Gasteiger partial charge >= 0.3 is 5.97 Å². The van der Waals surface area contributed by atoms with Gasteiger partial charge in [-0.15, -0.1) is 0 Å². The summed E-state index contributed by atoms with van der Waals surface area (Å²) in [4.78, 5) is 25.5. The van der Waals surface area contributed by atoms with Crippen molar-refractivity contribution >= 4 is 17.6 Å². The average molecular weight is 418 g/mol. The maximum absolute atomic E-state index is 13.6. The number of hydrogen-bond donors (Lipinski definition) is 1.